The van der Waals surface area contributed by atoms with Crippen molar-refractivity contribution >= 4 is 17.6 Å². The van der Waals surface area contributed by atoms with Crippen LogP contribution in [0.25, 0.3) is 0 Å². The van der Waals surface area contributed by atoms with Crippen LogP contribution in [0.3, 0.4) is 0 Å². The first-order chi connectivity index (χ1) is 25.6. The van der Waals surface area contributed by atoms with Crippen molar-refractivity contribution in [1.82, 2.24) is 5.32 Å². The highest BCUT2D eigenvalue weighted by Crippen LogP contribution is 2.12. The molecule has 0 radical (unpaired) electrons. The van der Waals surface area contributed by atoms with Crippen molar-refractivity contribution in [3.63, 3.8) is 0 Å². The lowest BCUT2D eigenvalue weighted by Crippen LogP contribution is -2.25. The van der Waals surface area contributed by atoms with E-state index >= 15 is 0 Å². The van der Waals surface area contributed by atoms with E-state index in [9.17, 15) is 9.59 Å². The van der Waals surface area contributed by atoms with Crippen LogP contribution in [-0.4, -0.2) is 175 Å². The van der Waals surface area contributed by atoms with Crippen molar-refractivity contribution in [1.29, 1.82) is 0 Å². The molecule has 17 heteroatoms. The summed E-state index contributed by atoms with van der Waals surface area (Å²) in [6, 6.07) is 7.24. The summed E-state index contributed by atoms with van der Waals surface area (Å²) < 4.78 is 65.6. The van der Waals surface area contributed by atoms with Crippen molar-refractivity contribution in [2.75, 3.05) is 164 Å². The fraction of sp³-hybridized carbons (Fsp3) is 0.771. The molecule has 0 saturated heterocycles. The summed E-state index contributed by atoms with van der Waals surface area (Å²) in [5.41, 5.74) is 6.34. The molecule has 0 atom stereocenters. The standard InChI is InChI=1S/C35H62N2O15/c36-32-2-4-33(5-3-32)52-31-30-51-29-28-50-27-26-49-25-24-48-23-22-47-21-20-46-19-18-45-17-16-44-15-14-43-13-12-42-11-10-41-9-1-8-37-34(38)6-7-35(39)40/h2-5H,1,6-31,36H2,(H,37,38)(H,39,40). The van der Waals surface area contributed by atoms with E-state index in [1.54, 1.807) is 12.1 Å². The molecule has 0 aliphatic rings. The zero-order valence-corrected chi connectivity index (χ0v) is 30.6. The van der Waals surface area contributed by atoms with Gasteiger partial charge in [0.05, 0.1) is 145 Å². The predicted molar refractivity (Wildman–Crippen MR) is 190 cm³/mol. The summed E-state index contributed by atoms with van der Waals surface area (Å²) >= 11 is 0. The highest BCUT2D eigenvalue weighted by atomic mass is 16.6. The smallest absolute Gasteiger partial charge is 0.303 e. The normalized spacial score (nSPS) is 11.2. The molecule has 0 bridgehead atoms. The maximum atomic E-state index is 11.4. The minimum absolute atomic E-state index is 0.0123. The molecule has 0 heterocycles. The van der Waals surface area contributed by atoms with Gasteiger partial charge in [0.2, 0.25) is 5.91 Å². The second-order valence-electron chi connectivity index (χ2n) is 10.8. The molecule has 0 fully saturated rings. The number of carboxylic acids is 1. The van der Waals surface area contributed by atoms with E-state index in [0.29, 0.717) is 171 Å². The van der Waals surface area contributed by atoms with Crippen molar-refractivity contribution in [3.05, 3.63) is 24.3 Å². The molecule has 1 rings (SSSR count). The third-order valence-electron chi connectivity index (χ3n) is 6.45. The van der Waals surface area contributed by atoms with Crippen molar-refractivity contribution in [2.24, 2.45) is 0 Å². The number of ether oxygens (including phenoxy) is 12. The summed E-state index contributed by atoms with van der Waals surface area (Å²) in [5, 5.41) is 11.2. The maximum Gasteiger partial charge on any atom is 0.303 e. The Morgan fingerprint density at radius 1 is 0.462 bits per heavy atom. The average molecular weight is 751 g/mol. The fourth-order valence-corrected chi connectivity index (χ4v) is 3.79. The molecule has 1 amide bonds. The van der Waals surface area contributed by atoms with Gasteiger partial charge in [-0.1, -0.05) is 0 Å². The number of nitrogens with two attached hydrogens (primary N) is 1. The number of nitrogens with one attached hydrogen (secondary N) is 1. The zero-order chi connectivity index (χ0) is 37.4. The van der Waals surface area contributed by atoms with Gasteiger partial charge in [-0.3, -0.25) is 9.59 Å². The van der Waals surface area contributed by atoms with Gasteiger partial charge in [0.25, 0.3) is 0 Å². The predicted octanol–water partition coefficient (Wildman–Crippen LogP) is 1.20. The van der Waals surface area contributed by atoms with Gasteiger partial charge in [-0.05, 0) is 30.7 Å². The fourth-order valence-electron chi connectivity index (χ4n) is 3.79. The molecule has 1 aromatic carbocycles. The van der Waals surface area contributed by atoms with Crippen molar-refractivity contribution < 1.29 is 71.5 Å². The van der Waals surface area contributed by atoms with Gasteiger partial charge in [0.1, 0.15) is 12.4 Å². The van der Waals surface area contributed by atoms with Gasteiger partial charge in [0, 0.05) is 25.3 Å². The Bertz CT molecular complexity index is 930. The van der Waals surface area contributed by atoms with Crippen LogP contribution in [0.15, 0.2) is 24.3 Å². The molecule has 52 heavy (non-hydrogen) atoms. The lowest BCUT2D eigenvalue weighted by Gasteiger charge is -2.09. The van der Waals surface area contributed by atoms with Gasteiger partial charge in [-0.25, -0.2) is 0 Å². The Hall–Kier alpha value is -2.68. The molecule has 0 spiro atoms. The van der Waals surface area contributed by atoms with Crippen LogP contribution in [0.2, 0.25) is 0 Å². The van der Waals surface area contributed by atoms with Crippen LogP contribution >= 0.6 is 0 Å². The Labute approximate surface area is 307 Å². The molecule has 4 N–H and O–H groups in total. The molecule has 0 saturated carbocycles. The quantitative estimate of drug-likeness (QED) is 0.0636. The van der Waals surface area contributed by atoms with E-state index in [4.69, 9.17) is 67.7 Å². The van der Waals surface area contributed by atoms with Crippen LogP contribution in [0.4, 0.5) is 5.69 Å². The van der Waals surface area contributed by atoms with E-state index < -0.39 is 5.97 Å². The molecule has 17 nitrogen and oxygen atoms in total. The number of hydrogen-bond donors (Lipinski definition) is 3. The van der Waals surface area contributed by atoms with Crippen molar-refractivity contribution in [3.8, 4) is 5.75 Å². The van der Waals surface area contributed by atoms with Crippen LogP contribution < -0.4 is 15.8 Å². The van der Waals surface area contributed by atoms with Crippen LogP contribution in [0, 0.1) is 0 Å². The number of carbonyl (C=O) groups excluding carboxylic acids is 1. The molecule has 1 aromatic rings. The SMILES string of the molecule is Nc1ccc(OCCOCCOCCOCCOCCOCCOCCOCCOCCOCCOCCOCCCNC(=O)CCC(=O)O)cc1. The molecular formula is C35H62N2O15. The van der Waals surface area contributed by atoms with Gasteiger partial charge in [0.15, 0.2) is 0 Å². The van der Waals surface area contributed by atoms with E-state index in [2.05, 4.69) is 5.32 Å². The highest BCUT2D eigenvalue weighted by molar-refractivity contribution is 5.80. The maximum absolute atomic E-state index is 11.4. The minimum Gasteiger partial charge on any atom is -0.491 e. The van der Waals surface area contributed by atoms with Gasteiger partial charge in [-0.2, -0.15) is 0 Å². The minimum atomic E-state index is -0.984. The topological polar surface area (TPSA) is 203 Å². The zero-order valence-electron chi connectivity index (χ0n) is 30.6. The Morgan fingerprint density at radius 3 is 1.10 bits per heavy atom. The largest absolute Gasteiger partial charge is 0.491 e. The third kappa shape index (κ3) is 35.7. The van der Waals surface area contributed by atoms with Gasteiger partial charge >= 0.3 is 5.97 Å². The first-order valence-electron chi connectivity index (χ1n) is 17.9. The summed E-state index contributed by atoms with van der Waals surface area (Å²) in [5.74, 6) is -0.488. The summed E-state index contributed by atoms with van der Waals surface area (Å²) in [7, 11) is 0. The van der Waals surface area contributed by atoms with E-state index in [1.807, 2.05) is 12.1 Å². The number of anilines is 1. The number of aliphatic carboxylic acids is 1. The average Bonchev–Trinajstić information content (AvgIpc) is 3.14. The Kier molecular flexibility index (Phi) is 34.6. The number of rotatable bonds is 41. The van der Waals surface area contributed by atoms with Gasteiger partial charge in [-0.15, -0.1) is 0 Å². The Balaban J connectivity index is 1.63. The lowest BCUT2D eigenvalue weighted by atomic mass is 10.3. The molecule has 0 aliphatic heterocycles. The van der Waals surface area contributed by atoms with Crippen LogP contribution in [0.5, 0.6) is 5.75 Å². The first-order valence-corrected chi connectivity index (χ1v) is 17.9. The number of hydrogen-bond acceptors (Lipinski definition) is 15. The van der Waals surface area contributed by atoms with E-state index in [0.717, 1.165) is 5.75 Å². The van der Waals surface area contributed by atoms with Crippen molar-refractivity contribution in [2.45, 2.75) is 19.3 Å². The highest BCUT2D eigenvalue weighted by Gasteiger charge is 2.04. The molecular weight excluding hydrogens is 688 g/mol. The van der Waals surface area contributed by atoms with Crippen LogP contribution in [-0.2, 0) is 61.7 Å². The summed E-state index contributed by atoms with van der Waals surface area (Å²) in [6.45, 7) is 11.5. The van der Waals surface area contributed by atoms with Crippen LogP contribution in [0.1, 0.15) is 19.3 Å². The third-order valence-corrected chi connectivity index (χ3v) is 6.45. The second kappa shape index (κ2) is 38.1. The monoisotopic (exact) mass is 750 g/mol. The number of amides is 1. The lowest BCUT2D eigenvalue weighted by molar-refractivity contribution is -0.138. The number of benzene rings is 1. The number of nitrogen functional groups attached to an aromatic ring is 1. The molecule has 0 aromatic heterocycles. The van der Waals surface area contributed by atoms with E-state index in [-0.39, 0.29) is 18.7 Å². The van der Waals surface area contributed by atoms with E-state index in [1.165, 1.54) is 0 Å². The Morgan fingerprint density at radius 2 is 0.769 bits per heavy atom. The summed E-state index contributed by atoms with van der Waals surface area (Å²) in [6.07, 6.45) is 0.470. The van der Waals surface area contributed by atoms with Gasteiger partial charge < -0.3 is 73.0 Å². The first kappa shape index (κ1) is 47.3. The molecule has 0 unspecified atom stereocenters. The summed E-state index contributed by atoms with van der Waals surface area (Å²) in [4.78, 5) is 21.8. The molecule has 0 aliphatic carbocycles. The number of carbonyl (C=O) groups is 2. The second-order valence-corrected chi connectivity index (χ2v) is 10.8. The molecule has 302 valence electrons. The number of carboxylic acid groups (broad SMARTS) is 1.